The van der Waals surface area contributed by atoms with Gasteiger partial charge in [-0.2, -0.15) is 0 Å². The summed E-state index contributed by atoms with van der Waals surface area (Å²) in [7, 11) is 0. The van der Waals surface area contributed by atoms with Crippen molar-refractivity contribution in [2.24, 2.45) is 5.73 Å². The minimum absolute atomic E-state index is 0.530. The van der Waals surface area contributed by atoms with Crippen LogP contribution in [0.15, 0.2) is 12.3 Å². The first kappa shape index (κ1) is 10.9. The summed E-state index contributed by atoms with van der Waals surface area (Å²) < 4.78 is 0. The van der Waals surface area contributed by atoms with E-state index in [0.717, 1.165) is 0 Å². The van der Waals surface area contributed by atoms with Gasteiger partial charge < -0.3 is 11.1 Å². The molecule has 0 aliphatic carbocycles. The normalized spacial score (nSPS) is 7.89. The Balaban J connectivity index is 0. The molecule has 0 atom stereocenters. The Morgan fingerprint density at radius 3 is 2.11 bits per heavy atom. The van der Waals surface area contributed by atoms with Gasteiger partial charge in [-0.1, -0.05) is 19.9 Å². The molecule has 0 aromatic carbocycles. The number of amides is 2. The molecular weight excluding hydrogens is 116 g/mol. The zero-order valence-corrected chi connectivity index (χ0v) is 6.14. The van der Waals surface area contributed by atoms with E-state index in [-0.39, 0.29) is 0 Å². The lowest BCUT2D eigenvalue weighted by Crippen LogP contribution is -2.23. The van der Waals surface area contributed by atoms with Gasteiger partial charge in [0, 0.05) is 6.20 Å². The molecular formula is C6H14N2O. The zero-order valence-electron chi connectivity index (χ0n) is 6.14. The van der Waals surface area contributed by atoms with Crippen LogP contribution in [0.2, 0.25) is 0 Å². The number of hydrogen-bond acceptors (Lipinski definition) is 1. The first-order valence-electron chi connectivity index (χ1n) is 2.94. The number of carbonyl (C=O) groups excluding carboxylic acids is 1. The Morgan fingerprint density at radius 2 is 2.00 bits per heavy atom. The average Bonchev–Trinajstić information content (AvgIpc) is 1.88. The molecule has 0 saturated carbocycles. The lowest BCUT2D eigenvalue weighted by Gasteiger charge is -1.85. The largest absolute Gasteiger partial charge is 0.351 e. The molecule has 0 aromatic rings. The molecule has 0 unspecified atom stereocenters. The molecule has 0 radical (unpaired) electrons. The second-order valence-electron chi connectivity index (χ2n) is 1.01. The van der Waals surface area contributed by atoms with Crippen LogP contribution in [0.25, 0.3) is 0 Å². The number of rotatable bonds is 1. The predicted molar refractivity (Wildman–Crippen MR) is 38.9 cm³/mol. The molecule has 0 bridgehead atoms. The average molecular weight is 130 g/mol. The molecule has 3 nitrogen and oxygen atoms in total. The lowest BCUT2D eigenvalue weighted by atomic mass is 10.7. The van der Waals surface area contributed by atoms with Crippen molar-refractivity contribution in [3.8, 4) is 0 Å². The molecule has 0 saturated heterocycles. The van der Waals surface area contributed by atoms with Crippen molar-refractivity contribution in [3.63, 3.8) is 0 Å². The summed E-state index contributed by atoms with van der Waals surface area (Å²) >= 11 is 0. The number of allylic oxidation sites excluding steroid dienone is 1. The molecule has 0 heterocycles. The molecule has 0 rings (SSSR count). The molecule has 54 valence electrons. The molecule has 3 heteroatoms. The highest BCUT2D eigenvalue weighted by atomic mass is 16.2. The summed E-state index contributed by atoms with van der Waals surface area (Å²) in [6, 6.07) is -0.530. The van der Waals surface area contributed by atoms with E-state index in [4.69, 9.17) is 0 Å². The van der Waals surface area contributed by atoms with E-state index in [1.807, 2.05) is 13.8 Å². The van der Waals surface area contributed by atoms with Gasteiger partial charge in [0.15, 0.2) is 0 Å². The molecule has 0 aliphatic rings. The fourth-order valence-electron chi connectivity index (χ4n) is 0.165. The van der Waals surface area contributed by atoms with Crippen LogP contribution in [0.1, 0.15) is 20.8 Å². The van der Waals surface area contributed by atoms with Crippen molar-refractivity contribution in [2.75, 3.05) is 0 Å². The monoisotopic (exact) mass is 130 g/mol. The fourth-order valence-corrected chi connectivity index (χ4v) is 0.165. The highest BCUT2D eigenvalue weighted by Gasteiger charge is 1.77. The number of primary amides is 1. The molecule has 3 N–H and O–H groups in total. The van der Waals surface area contributed by atoms with Gasteiger partial charge >= 0.3 is 6.03 Å². The van der Waals surface area contributed by atoms with E-state index in [0.29, 0.717) is 0 Å². The zero-order chi connectivity index (χ0) is 7.70. The van der Waals surface area contributed by atoms with Crippen molar-refractivity contribution in [2.45, 2.75) is 20.8 Å². The summed E-state index contributed by atoms with van der Waals surface area (Å²) in [6.07, 6.45) is 3.16. The van der Waals surface area contributed by atoms with Crippen LogP contribution < -0.4 is 11.1 Å². The third-order valence-corrected chi connectivity index (χ3v) is 0.392. The number of nitrogens with one attached hydrogen (secondary N) is 1. The maximum atomic E-state index is 9.82. The molecule has 0 aliphatic heterocycles. The maximum absolute atomic E-state index is 9.82. The van der Waals surface area contributed by atoms with Crippen molar-refractivity contribution in [1.29, 1.82) is 0 Å². The van der Waals surface area contributed by atoms with Crippen LogP contribution in [0.3, 0.4) is 0 Å². The Morgan fingerprint density at radius 1 is 1.56 bits per heavy atom. The third kappa shape index (κ3) is 19.4. The standard InChI is InChI=1S/C4H8N2O.C2H6/c1-2-3-6-4(5)7;1-2/h2-3H,1H3,(H3,5,6,7);1-2H3/b3-2-;. The molecule has 0 spiro atoms. The number of hydrogen-bond donors (Lipinski definition) is 2. The molecule has 0 fully saturated rings. The van der Waals surface area contributed by atoms with Crippen molar-refractivity contribution >= 4 is 6.03 Å². The quantitative estimate of drug-likeness (QED) is 0.550. The third-order valence-electron chi connectivity index (χ3n) is 0.392. The summed E-state index contributed by atoms with van der Waals surface area (Å²) in [5, 5.41) is 2.25. The van der Waals surface area contributed by atoms with Crippen LogP contribution in [-0.4, -0.2) is 6.03 Å². The van der Waals surface area contributed by atoms with Crippen LogP contribution in [-0.2, 0) is 0 Å². The number of nitrogens with two attached hydrogens (primary N) is 1. The smallest absolute Gasteiger partial charge is 0.316 e. The number of carbonyl (C=O) groups is 1. The number of urea groups is 1. The van der Waals surface area contributed by atoms with Gasteiger partial charge in [-0.05, 0) is 6.92 Å². The molecule has 0 aromatic heterocycles. The van der Waals surface area contributed by atoms with Gasteiger partial charge in [-0.3, -0.25) is 0 Å². The lowest BCUT2D eigenvalue weighted by molar-refractivity contribution is 0.252. The maximum Gasteiger partial charge on any atom is 0.316 e. The van der Waals surface area contributed by atoms with Crippen molar-refractivity contribution < 1.29 is 4.79 Å². The van der Waals surface area contributed by atoms with Crippen LogP contribution >= 0.6 is 0 Å². The van der Waals surface area contributed by atoms with E-state index in [9.17, 15) is 4.79 Å². The van der Waals surface area contributed by atoms with Crippen LogP contribution in [0, 0.1) is 0 Å². The van der Waals surface area contributed by atoms with Gasteiger partial charge in [0.05, 0.1) is 0 Å². The Kier molecular flexibility index (Phi) is 12.2. The van der Waals surface area contributed by atoms with E-state index < -0.39 is 6.03 Å². The topological polar surface area (TPSA) is 55.1 Å². The SMILES string of the molecule is C/C=C\NC(N)=O.CC. The van der Waals surface area contributed by atoms with E-state index in [2.05, 4.69) is 11.1 Å². The fraction of sp³-hybridized carbons (Fsp3) is 0.500. The summed E-state index contributed by atoms with van der Waals surface area (Å²) in [5.41, 5.74) is 4.68. The second kappa shape index (κ2) is 10.1. The van der Waals surface area contributed by atoms with Gasteiger partial charge in [0.1, 0.15) is 0 Å². The van der Waals surface area contributed by atoms with E-state index >= 15 is 0 Å². The predicted octanol–water partition coefficient (Wildman–Crippen LogP) is 1.21. The second-order valence-corrected chi connectivity index (χ2v) is 1.01. The van der Waals surface area contributed by atoms with Gasteiger partial charge in [-0.15, -0.1) is 0 Å². The Hall–Kier alpha value is -0.990. The van der Waals surface area contributed by atoms with Gasteiger partial charge in [0.2, 0.25) is 0 Å². The molecule has 2 amide bonds. The van der Waals surface area contributed by atoms with Crippen molar-refractivity contribution in [1.82, 2.24) is 5.32 Å². The first-order valence-corrected chi connectivity index (χ1v) is 2.94. The van der Waals surface area contributed by atoms with Gasteiger partial charge in [0.25, 0.3) is 0 Å². The van der Waals surface area contributed by atoms with E-state index in [1.165, 1.54) is 6.20 Å². The minimum Gasteiger partial charge on any atom is -0.351 e. The van der Waals surface area contributed by atoms with Crippen LogP contribution in [0.4, 0.5) is 4.79 Å². The minimum atomic E-state index is -0.530. The van der Waals surface area contributed by atoms with E-state index in [1.54, 1.807) is 13.0 Å². The Bertz CT molecular complexity index is 89.1. The highest BCUT2D eigenvalue weighted by molar-refractivity contribution is 5.72. The summed E-state index contributed by atoms with van der Waals surface area (Å²) in [6.45, 7) is 5.79. The van der Waals surface area contributed by atoms with Gasteiger partial charge in [-0.25, -0.2) is 4.79 Å². The highest BCUT2D eigenvalue weighted by Crippen LogP contribution is 1.59. The molecule has 9 heavy (non-hydrogen) atoms. The first-order chi connectivity index (χ1) is 4.27. The van der Waals surface area contributed by atoms with Crippen LogP contribution in [0.5, 0.6) is 0 Å². The summed E-state index contributed by atoms with van der Waals surface area (Å²) in [4.78, 5) is 9.82. The van der Waals surface area contributed by atoms with Crippen molar-refractivity contribution in [3.05, 3.63) is 12.3 Å². The summed E-state index contributed by atoms with van der Waals surface area (Å²) in [5.74, 6) is 0. The Labute approximate surface area is 55.9 Å².